The summed E-state index contributed by atoms with van der Waals surface area (Å²) in [6.45, 7) is 12.1. The molecular weight excluding hydrogens is 328 g/mol. The third-order valence-corrected chi connectivity index (χ3v) is 4.26. The molecule has 1 rings (SSSR count). The van der Waals surface area contributed by atoms with Crippen LogP contribution in [0.3, 0.4) is 0 Å². The zero-order valence-electron chi connectivity index (χ0n) is 17.3. The minimum absolute atomic E-state index is 0.0382. The van der Waals surface area contributed by atoms with Crippen LogP contribution in [0.2, 0.25) is 0 Å². The Labute approximate surface area is 158 Å². The first-order valence-electron chi connectivity index (χ1n) is 9.30. The summed E-state index contributed by atoms with van der Waals surface area (Å²) in [6.07, 6.45) is -0.538. The molecule has 0 saturated carbocycles. The summed E-state index contributed by atoms with van der Waals surface area (Å²) < 4.78 is 5.70. The van der Waals surface area contributed by atoms with Gasteiger partial charge in [-0.05, 0) is 66.4 Å². The van der Waals surface area contributed by atoms with Gasteiger partial charge in [0.1, 0.15) is 5.75 Å². The van der Waals surface area contributed by atoms with Crippen LogP contribution in [0.15, 0.2) is 29.3 Å². The smallest absolute Gasteiger partial charge is 0.191 e. The number of nitrogens with zero attached hydrogens (tertiary/aromatic N) is 2. The lowest BCUT2D eigenvalue weighted by Gasteiger charge is -2.31. The highest BCUT2D eigenvalue weighted by Crippen LogP contribution is 2.20. The van der Waals surface area contributed by atoms with Crippen LogP contribution in [-0.4, -0.2) is 61.3 Å². The third kappa shape index (κ3) is 7.62. The zero-order valence-corrected chi connectivity index (χ0v) is 17.3. The van der Waals surface area contributed by atoms with Crippen molar-refractivity contribution in [1.82, 2.24) is 15.5 Å². The van der Waals surface area contributed by atoms with Gasteiger partial charge < -0.3 is 25.4 Å². The Bertz CT molecular complexity index is 571. The molecule has 0 amide bonds. The van der Waals surface area contributed by atoms with Crippen molar-refractivity contribution in [2.75, 3.05) is 33.7 Å². The van der Waals surface area contributed by atoms with E-state index in [1.807, 2.05) is 59.1 Å². The van der Waals surface area contributed by atoms with Crippen LogP contribution in [0.5, 0.6) is 5.75 Å². The number of hydrogen-bond acceptors (Lipinski definition) is 4. The van der Waals surface area contributed by atoms with Crippen LogP contribution >= 0.6 is 0 Å². The maximum Gasteiger partial charge on any atom is 0.191 e. The topological polar surface area (TPSA) is 69.1 Å². The SMILES string of the molecule is CCNC(=NCC(C)(C)N(C)C)NCC(O)c1cccc(OC(C)C)c1. The van der Waals surface area contributed by atoms with Gasteiger partial charge in [0.05, 0.1) is 18.8 Å². The van der Waals surface area contributed by atoms with E-state index >= 15 is 0 Å². The molecule has 148 valence electrons. The number of hydrogen-bond donors (Lipinski definition) is 3. The lowest BCUT2D eigenvalue weighted by Crippen LogP contribution is -2.44. The van der Waals surface area contributed by atoms with Gasteiger partial charge in [0, 0.05) is 18.6 Å². The van der Waals surface area contributed by atoms with Gasteiger partial charge in [-0.3, -0.25) is 4.99 Å². The Kier molecular flexibility index (Phi) is 8.88. The summed E-state index contributed by atoms with van der Waals surface area (Å²) in [5.74, 6) is 1.47. The molecule has 0 aliphatic rings. The molecule has 0 aliphatic heterocycles. The highest BCUT2D eigenvalue weighted by atomic mass is 16.5. The second kappa shape index (κ2) is 10.4. The number of likely N-dealkylation sites (N-methyl/N-ethyl adjacent to an activating group) is 1. The van der Waals surface area contributed by atoms with Gasteiger partial charge in [0.15, 0.2) is 5.96 Å². The first-order valence-corrected chi connectivity index (χ1v) is 9.30. The lowest BCUT2D eigenvalue weighted by atomic mass is 10.1. The summed E-state index contributed by atoms with van der Waals surface area (Å²) in [6, 6.07) is 7.58. The maximum absolute atomic E-state index is 10.5. The highest BCUT2D eigenvalue weighted by molar-refractivity contribution is 5.79. The average molecular weight is 365 g/mol. The van der Waals surface area contributed by atoms with Crippen molar-refractivity contribution < 1.29 is 9.84 Å². The van der Waals surface area contributed by atoms with E-state index in [2.05, 4.69) is 34.4 Å². The second-order valence-electron chi connectivity index (χ2n) is 7.54. The number of nitrogens with one attached hydrogen (secondary N) is 2. The summed E-state index contributed by atoms with van der Waals surface area (Å²) in [5.41, 5.74) is 0.781. The van der Waals surface area contributed by atoms with Crippen molar-refractivity contribution in [2.24, 2.45) is 4.99 Å². The van der Waals surface area contributed by atoms with Gasteiger partial charge in [-0.1, -0.05) is 12.1 Å². The first kappa shape index (κ1) is 22.3. The largest absolute Gasteiger partial charge is 0.491 e. The molecule has 6 heteroatoms. The van der Waals surface area contributed by atoms with Crippen LogP contribution in [-0.2, 0) is 0 Å². The molecule has 6 nitrogen and oxygen atoms in total. The van der Waals surface area contributed by atoms with E-state index in [0.717, 1.165) is 17.9 Å². The molecule has 0 heterocycles. The van der Waals surface area contributed by atoms with Crippen molar-refractivity contribution in [3.8, 4) is 5.75 Å². The standard InChI is InChI=1S/C20H36N4O2/c1-8-21-19(23-14-20(4,5)24(6)7)22-13-18(25)16-10-9-11-17(12-16)26-15(2)3/h9-12,15,18,25H,8,13-14H2,1-7H3,(H2,21,22,23). The number of benzene rings is 1. The number of aliphatic imine (C=N–C) groups is 1. The summed E-state index contributed by atoms with van der Waals surface area (Å²) in [7, 11) is 4.09. The normalized spacial score (nSPS) is 13.8. The summed E-state index contributed by atoms with van der Waals surface area (Å²) in [4.78, 5) is 6.79. The Morgan fingerprint density at radius 1 is 1.27 bits per heavy atom. The molecular formula is C20H36N4O2. The third-order valence-electron chi connectivity index (χ3n) is 4.26. The summed E-state index contributed by atoms with van der Waals surface area (Å²) in [5, 5.41) is 16.9. The van der Waals surface area contributed by atoms with E-state index in [1.165, 1.54) is 0 Å². The Hall–Kier alpha value is -1.79. The fourth-order valence-electron chi connectivity index (χ4n) is 2.13. The van der Waals surface area contributed by atoms with Gasteiger partial charge in [-0.25, -0.2) is 0 Å². The molecule has 1 aromatic rings. The molecule has 0 saturated heterocycles. The van der Waals surface area contributed by atoms with E-state index in [4.69, 9.17) is 4.74 Å². The fourth-order valence-corrected chi connectivity index (χ4v) is 2.13. The van der Waals surface area contributed by atoms with Crippen LogP contribution in [0.25, 0.3) is 0 Å². The zero-order chi connectivity index (χ0) is 19.7. The first-order chi connectivity index (χ1) is 12.2. The van der Waals surface area contributed by atoms with Gasteiger partial charge in [0.2, 0.25) is 0 Å². The average Bonchev–Trinajstić information content (AvgIpc) is 2.56. The fraction of sp³-hybridized carbons (Fsp3) is 0.650. The van der Waals surface area contributed by atoms with E-state index in [1.54, 1.807) is 0 Å². The monoisotopic (exact) mass is 364 g/mol. The predicted molar refractivity (Wildman–Crippen MR) is 109 cm³/mol. The number of ether oxygens (including phenoxy) is 1. The molecule has 0 radical (unpaired) electrons. The molecule has 3 N–H and O–H groups in total. The van der Waals surface area contributed by atoms with Crippen LogP contribution < -0.4 is 15.4 Å². The van der Waals surface area contributed by atoms with Gasteiger partial charge in [-0.15, -0.1) is 0 Å². The van der Waals surface area contributed by atoms with Crippen LogP contribution in [0.4, 0.5) is 0 Å². The molecule has 0 bridgehead atoms. The van der Waals surface area contributed by atoms with Crippen molar-refractivity contribution in [1.29, 1.82) is 0 Å². The number of guanidine groups is 1. The number of aliphatic hydroxyl groups excluding tert-OH is 1. The van der Waals surface area contributed by atoms with E-state index in [-0.39, 0.29) is 11.6 Å². The molecule has 0 aromatic heterocycles. The van der Waals surface area contributed by atoms with Crippen molar-refractivity contribution in [3.63, 3.8) is 0 Å². The van der Waals surface area contributed by atoms with E-state index in [9.17, 15) is 5.11 Å². The van der Waals surface area contributed by atoms with Crippen molar-refractivity contribution >= 4 is 5.96 Å². The van der Waals surface area contributed by atoms with Gasteiger partial charge in [-0.2, -0.15) is 0 Å². The van der Waals surface area contributed by atoms with E-state index < -0.39 is 6.10 Å². The molecule has 26 heavy (non-hydrogen) atoms. The molecule has 1 aromatic carbocycles. The minimum Gasteiger partial charge on any atom is -0.491 e. The summed E-state index contributed by atoms with van der Waals surface area (Å²) >= 11 is 0. The van der Waals surface area contributed by atoms with Crippen molar-refractivity contribution in [3.05, 3.63) is 29.8 Å². The molecule has 0 fully saturated rings. The second-order valence-corrected chi connectivity index (χ2v) is 7.54. The van der Waals surface area contributed by atoms with Gasteiger partial charge >= 0.3 is 0 Å². The van der Waals surface area contributed by atoms with E-state index in [0.29, 0.717) is 19.0 Å². The minimum atomic E-state index is -0.642. The quantitative estimate of drug-likeness (QED) is 0.464. The number of aliphatic hydroxyl groups is 1. The molecule has 0 spiro atoms. The molecule has 1 atom stereocenters. The molecule has 1 unspecified atom stereocenters. The van der Waals surface area contributed by atoms with Gasteiger partial charge in [0.25, 0.3) is 0 Å². The molecule has 0 aliphatic carbocycles. The maximum atomic E-state index is 10.5. The highest BCUT2D eigenvalue weighted by Gasteiger charge is 2.20. The Morgan fingerprint density at radius 2 is 1.96 bits per heavy atom. The Morgan fingerprint density at radius 3 is 2.54 bits per heavy atom. The number of rotatable bonds is 9. The van der Waals surface area contributed by atoms with Crippen LogP contribution in [0.1, 0.15) is 46.3 Å². The Balaban J connectivity index is 2.71. The predicted octanol–water partition coefficient (Wildman–Crippen LogP) is 2.40. The lowest BCUT2D eigenvalue weighted by molar-refractivity contribution is 0.179. The van der Waals surface area contributed by atoms with Crippen molar-refractivity contribution in [2.45, 2.75) is 52.4 Å². The van der Waals surface area contributed by atoms with Crippen LogP contribution in [0, 0.1) is 0 Å².